The maximum absolute atomic E-state index is 12.4. The molecule has 2 heterocycles. The van der Waals surface area contributed by atoms with Gasteiger partial charge in [-0.25, -0.2) is 0 Å². The average Bonchev–Trinajstić information content (AvgIpc) is 3.40. The van der Waals surface area contributed by atoms with Crippen molar-refractivity contribution in [2.75, 3.05) is 32.7 Å². The van der Waals surface area contributed by atoms with E-state index in [0.29, 0.717) is 30.3 Å². The van der Waals surface area contributed by atoms with Crippen molar-refractivity contribution in [1.29, 1.82) is 0 Å². The maximum atomic E-state index is 12.4. The summed E-state index contributed by atoms with van der Waals surface area (Å²) in [5, 5.41) is 0. The second-order valence-corrected chi connectivity index (χ2v) is 6.39. The van der Waals surface area contributed by atoms with Gasteiger partial charge in [0.05, 0.1) is 11.1 Å². The molecule has 1 aliphatic carbocycles. The highest BCUT2D eigenvalue weighted by Gasteiger charge is 2.38. The van der Waals surface area contributed by atoms with Crippen molar-refractivity contribution in [2.45, 2.75) is 18.9 Å². The molecule has 3 amide bonds. The molecule has 3 aliphatic rings. The Kier molecular flexibility index (Phi) is 3.41. The van der Waals surface area contributed by atoms with Crippen LogP contribution in [0.3, 0.4) is 0 Å². The number of imide groups is 1. The monoisotopic (exact) mass is 313 g/mol. The summed E-state index contributed by atoms with van der Waals surface area (Å²) in [5.41, 5.74) is 0.785. The minimum absolute atomic E-state index is 0.144. The Morgan fingerprint density at radius 3 is 2.04 bits per heavy atom. The number of amides is 3. The predicted molar refractivity (Wildman–Crippen MR) is 83.0 cm³/mol. The first-order valence-electron chi connectivity index (χ1n) is 8.12. The molecule has 6 heteroatoms. The Labute approximate surface area is 134 Å². The Hall–Kier alpha value is -2.21. The van der Waals surface area contributed by atoms with Gasteiger partial charge in [0.2, 0.25) is 5.91 Å². The minimum Gasteiger partial charge on any atom is -0.339 e. The Morgan fingerprint density at radius 1 is 0.957 bits per heavy atom. The first kappa shape index (κ1) is 14.4. The van der Waals surface area contributed by atoms with Crippen LogP contribution in [0.25, 0.3) is 0 Å². The first-order valence-corrected chi connectivity index (χ1v) is 8.12. The van der Waals surface area contributed by atoms with Crippen molar-refractivity contribution in [2.24, 2.45) is 0 Å². The van der Waals surface area contributed by atoms with Gasteiger partial charge in [0.1, 0.15) is 6.54 Å². The molecule has 1 saturated heterocycles. The van der Waals surface area contributed by atoms with Crippen LogP contribution in [0.4, 0.5) is 0 Å². The number of hydrogen-bond donors (Lipinski definition) is 0. The van der Waals surface area contributed by atoms with Crippen LogP contribution in [0, 0.1) is 0 Å². The molecule has 0 radical (unpaired) electrons. The number of piperazine rings is 1. The van der Waals surface area contributed by atoms with Gasteiger partial charge in [-0.15, -0.1) is 0 Å². The van der Waals surface area contributed by atoms with Crippen molar-refractivity contribution in [1.82, 2.24) is 14.7 Å². The summed E-state index contributed by atoms with van der Waals surface area (Å²) < 4.78 is 0. The van der Waals surface area contributed by atoms with Crippen molar-refractivity contribution in [3.8, 4) is 0 Å². The van der Waals surface area contributed by atoms with Gasteiger partial charge >= 0.3 is 0 Å². The molecule has 0 atom stereocenters. The van der Waals surface area contributed by atoms with Crippen LogP contribution in [-0.2, 0) is 4.79 Å². The molecule has 6 nitrogen and oxygen atoms in total. The van der Waals surface area contributed by atoms with E-state index < -0.39 is 0 Å². The number of benzene rings is 1. The summed E-state index contributed by atoms with van der Waals surface area (Å²) >= 11 is 0. The van der Waals surface area contributed by atoms with Crippen LogP contribution < -0.4 is 0 Å². The topological polar surface area (TPSA) is 60.9 Å². The van der Waals surface area contributed by atoms with E-state index >= 15 is 0 Å². The summed E-state index contributed by atoms with van der Waals surface area (Å²) in [5.74, 6) is -0.874. The largest absolute Gasteiger partial charge is 0.339 e. The van der Waals surface area contributed by atoms with Crippen molar-refractivity contribution >= 4 is 17.7 Å². The molecule has 120 valence electrons. The molecule has 0 unspecified atom stereocenters. The zero-order valence-corrected chi connectivity index (χ0v) is 12.9. The van der Waals surface area contributed by atoms with Crippen LogP contribution in [0.1, 0.15) is 33.6 Å². The summed E-state index contributed by atoms with van der Waals surface area (Å²) in [7, 11) is 0. The molecule has 2 fully saturated rings. The lowest BCUT2D eigenvalue weighted by Crippen LogP contribution is -2.52. The smallest absolute Gasteiger partial charge is 0.262 e. The standard InChI is InChI=1S/C17H19N3O3/c21-15(19-9-7-18(8-10-19)12-5-6-12)11-20-16(22)13-3-1-2-4-14(13)17(20)23/h1-4,12H,5-11H2. The molecule has 0 spiro atoms. The third kappa shape index (κ3) is 2.53. The molecular weight excluding hydrogens is 294 g/mol. The van der Waals surface area contributed by atoms with Crippen molar-refractivity contribution in [3.05, 3.63) is 35.4 Å². The van der Waals surface area contributed by atoms with Gasteiger partial charge in [-0.2, -0.15) is 0 Å². The van der Waals surface area contributed by atoms with E-state index in [1.54, 1.807) is 29.2 Å². The minimum atomic E-state index is -0.365. The van der Waals surface area contributed by atoms with Crippen molar-refractivity contribution < 1.29 is 14.4 Å². The summed E-state index contributed by atoms with van der Waals surface area (Å²) in [4.78, 5) is 42.3. The number of fused-ring (bicyclic) bond motifs is 1. The number of nitrogens with zero attached hydrogens (tertiary/aromatic N) is 3. The fourth-order valence-corrected chi connectivity index (χ4v) is 3.39. The van der Waals surface area contributed by atoms with Gasteiger partial charge in [-0.3, -0.25) is 24.2 Å². The summed E-state index contributed by atoms with van der Waals surface area (Å²) in [6, 6.07) is 7.44. The van der Waals surface area contributed by atoms with Crippen LogP contribution in [0.5, 0.6) is 0 Å². The van der Waals surface area contributed by atoms with E-state index in [0.717, 1.165) is 18.0 Å². The van der Waals surface area contributed by atoms with E-state index in [1.807, 2.05) is 0 Å². The molecule has 23 heavy (non-hydrogen) atoms. The van der Waals surface area contributed by atoms with Crippen LogP contribution in [0.2, 0.25) is 0 Å². The molecular formula is C17H19N3O3. The lowest BCUT2D eigenvalue weighted by molar-refractivity contribution is -0.133. The Balaban J connectivity index is 1.40. The zero-order valence-electron chi connectivity index (χ0n) is 12.9. The van der Waals surface area contributed by atoms with Gasteiger partial charge in [-0.05, 0) is 25.0 Å². The molecule has 0 bridgehead atoms. The maximum Gasteiger partial charge on any atom is 0.262 e. The van der Waals surface area contributed by atoms with E-state index in [-0.39, 0.29) is 24.3 Å². The van der Waals surface area contributed by atoms with Crippen molar-refractivity contribution in [3.63, 3.8) is 0 Å². The third-order valence-corrected chi connectivity index (χ3v) is 4.90. The lowest BCUT2D eigenvalue weighted by atomic mass is 10.1. The summed E-state index contributed by atoms with van der Waals surface area (Å²) in [6.45, 7) is 2.98. The van der Waals surface area contributed by atoms with E-state index in [1.165, 1.54) is 12.8 Å². The molecule has 0 aromatic heterocycles. The van der Waals surface area contributed by atoms with Gasteiger partial charge in [0.15, 0.2) is 0 Å². The van der Waals surface area contributed by atoms with Gasteiger partial charge in [0.25, 0.3) is 11.8 Å². The Morgan fingerprint density at radius 2 is 1.52 bits per heavy atom. The number of rotatable bonds is 3. The normalized spacial score (nSPS) is 21.7. The predicted octanol–water partition coefficient (Wildman–Crippen LogP) is 0.589. The van der Waals surface area contributed by atoms with Crippen LogP contribution >= 0.6 is 0 Å². The van der Waals surface area contributed by atoms with Gasteiger partial charge < -0.3 is 4.90 Å². The zero-order chi connectivity index (χ0) is 16.0. The SMILES string of the molecule is O=C(CN1C(=O)c2ccccc2C1=O)N1CCN(C2CC2)CC1. The second kappa shape index (κ2) is 5.45. The molecule has 4 rings (SSSR count). The first-order chi connectivity index (χ1) is 11.1. The third-order valence-electron chi connectivity index (χ3n) is 4.90. The average molecular weight is 313 g/mol. The highest BCUT2D eigenvalue weighted by atomic mass is 16.2. The van der Waals surface area contributed by atoms with Gasteiger partial charge in [-0.1, -0.05) is 12.1 Å². The van der Waals surface area contributed by atoms with Crippen LogP contribution in [-0.4, -0.2) is 71.2 Å². The summed E-state index contributed by atoms with van der Waals surface area (Å²) in [6.07, 6.45) is 2.53. The number of carbonyl (C=O) groups excluding carboxylic acids is 3. The van der Waals surface area contributed by atoms with Crippen LogP contribution in [0.15, 0.2) is 24.3 Å². The molecule has 1 aromatic carbocycles. The molecule has 2 aliphatic heterocycles. The quantitative estimate of drug-likeness (QED) is 0.766. The fraction of sp³-hybridized carbons (Fsp3) is 0.471. The highest BCUT2D eigenvalue weighted by Crippen LogP contribution is 2.27. The number of hydrogen-bond acceptors (Lipinski definition) is 4. The fourth-order valence-electron chi connectivity index (χ4n) is 3.39. The van der Waals surface area contributed by atoms with E-state index in [9.17, 15) is 14.4 Å². The molecule has 1 aromatic rings. The molecule has 1 saturated carbocycles. The lowest BCUT2D eigenvalue weighted by Gasteiger charge is -2.35. The Bertz CT molecular complexity index is 640. The van der Waals surface area contributed by atoms with E-state index in [4.69, 9.17) is 0 Å². The van der Waals surface area contributed by atoms with Gasteiger partial charge in [0, 0.05) is 32.2 Å². The molecule has 0 N–H and O–H groups in total. The number of carbonyl (C=O) groups is 3. The second-order valence-electron chi connectivity index (χ2n) is 6.39. The highest BCUT2D eigenvalue weighted by molar-refractivity contribution is 6.22. The van der Waals surface area contributed by atoms with E-state index in [2.05, 4.69) is 4.90 Å².